The molecule has 0 aliphatic heterocycles. The lowest BCUT2D eigenvalue weighted by Gasteiger charge is -2.15. The van der Waals surface area contributed by atoms with Gasteiger partial charge in [-0.25, -0.2) is 9.97 Å². The van der Waals surface area contributed by atoms with Crippen molar-refractivity contribution in [2.75, 3.05) is 12.4 Å². The van der Waals surface area contributed by atoms with E-state index < -0.39 is 11.9 Å². The number of para-hydroxylation sites is 1. The summed E-state index contributed by atoms with van der Waals surface area (Å²) in [4.78, 5) is 21.0. The summed E-state index contributed by atoms with van der Waals surface area (Å²) in [6.07, 6.45) is 0.533. The molecule has 4 aromatic rings. The van der Waals surface area contributed by atoms with Gasteiger partial charge >= 0.3 is 0 Å². The van der Waals surface area contributed by atoms with Crippen molar-refractivity contribution in [1.29, 1.82) is 0 Å². The molecule has 9 heteroatoms. The SMILES string of the molecule is CC[C@@H](Nc1nc2ccccc2c2nc(-c3cscc3OC)nn12)C(N)=O. The second-order valence-electron chi connectivity index (χ2n) is 5.98. The van der Waals surface area contributed by atoms with Crippen LogP contribution in [0.5, 0.6) is 5.75 Å². The molecule has 1 aromatic carbocycles. The van der Waals surface area contributed by atoms with Gasteiger partial charge in [0.05, 0.1) is 18.2 Å². The van der Waals surface area contributed by atoms with Gasteiger partial charge in [0.1, 0.15) is 11.8 Å². The number of nitrogens with two attached hydrogens (primary N) is 1. The number of hydrogen-bond donors (Lipinski definition) is 2. The predicted molar refractivity (Wildman–Crippen MR) is 105 cm³/mol. The third-order valence-electron chi connectivity index (χ3n) is 4.32. The highest BCUT2D eigenvalue weighted by Crippen LogP contribution is 2.33. The van der Waals surface area contributed by atoms with Crippen molar-refractivity contribution in [3.63, 3.8) is 0 Å². The van der Waals surface area contributed by atoms with Crippen molar-refractivity contribution in [2.24, 2.45) is 5.73 Å². The fourth-order valence-electron chi connectivity index (χ4n) is 2.90. The number of amides is 1. The summed E-state index contributed by atoms with van der Waals surface area (Å²) in [6.45, 7) is 1.88. The van der Waals surface area contributed by atoms with Crippen LogP contribution < -0.4 is 15.8 Å². The summed E-state index contributed by atoms with van der Waals surface area (Å²) < 4.78 is 7.01. The lowest BCUT2D eigenvalue weighted by molar-refractivity contribution is -0.118. The summed E-state index contributed by atoms with van der Waals surface area (Å²) in [7, 11) is 1.62. The molecule has 3 aromatic heterocycles. The van der Waals surface area contributed by atoms with E-state index in [-0.39, 0.29) is 0 Å². The molecule has 8 nitrogen and oxygen atoms in total. The number of primary amides is 1. The van der Waals surface area contributed by atoms with E-state index >= 15 is 0 Å². The standard InChI is InChI=1S/C18H18N6O2S/c1-3-12(15(19)25)20-18-21-13-7-5-4-6-10(13)17-22-16(23-24(17)18)11-8-27-9-14(11)26-2/h4-9,12H,3H2,1-2H3,(H2,19,25)(H,20,21)/t12-/m1/s1. The highest BCUT2D eigenvalue weighted by Gasteiger charge is 2.20. The Labute approximate surface area is 159 Å². The van der Waals surface area contributed by atoms with Crippen LogP contribution in [-0.2, 0) is 4.79 Å². The van der Waals surface area contributed by atoms with Crippen molar-refractivity contribution in [3.05, 3.63) is 35.0 Å². The van der Waals surface area contributed by atoms with E-state index in [1.54, 1.807) is 11.6 Å². The molecular weight excluding hydrogens is 364 g/mol. The van der Waals surface area contributed by atoms with Crippen molar-refractivity contribution in [1.82, 2.24) is 19.6 Å². The number of fused-ring (bicyclic) bond motifs is 3. The van der Waals surface area contributed by atoms with Crippen LogP contribution >= 0.6 is 11.3 Å². The molecule has 0 unspecified atom stereocenters. The van der Waals surface area contributed by atoms with Crippen LogP contribution in [-0.4, -0.2) is 38.6 Å². The van der Waals surface area contributed by atoms with E-state index in [1.807, 2.05) is 41.9 Å². The molecule has 0 fully saturated rings. The molecule has 1 atom stereocenters. The summed E-state index contributed by atoms with van der Waals surface area (Å²) >= 11 is 1.51. The first kappa shape index (κ1) is 17.2. The molecule has 3 N–H and O–H groups in total. The molecule has 0 saturated heterocycles. The number of methoxy groups -OCH3 is 1. The van der Waals surface area contributed by atoms with Gasteiger partial charge in [-0.2, -0.15) is 4.52 Å². The lowest BCUT2D eigenvalue weighted by atomic mass is 10.2. The maximum Gasteiger partial charge on any atom is 0.239 e. The van der Waals surface area contributed by atoms with Crippen LogP contribution in [0.15, 0.2) is 35.0 Å². The zero-order chi connectivity index (χ0) is 19.0. The van der Waals surface area contributed by atoms with E-state index in [9.17, 15) is 4.79 Å². The number of carbonyl (C=O) groups is 1. The first-order chi connectivity index (χ1) is 13.1. The smallest absolute Gasteiger partial charge is 0.239 e. The molecule has 0 radical (unpaired) electrons. The lowest BCUT2D eigenvalue weighted by Crippen LogP contribution is -2.35. The number of nitrogens with one attached hydrogen (secondary N) is 1. The minimum Gasteiger partial charge on any atom is -0.495 e. The highest BCUT2D eigenvalue weighted by atomic mass is 32.1. The van der Waals surface area contributed by atoms with Crippen molar-refractivity contribution >= 4 is 39.7 Å². The monoisotopic (exact) mass is 382 g/mol. The Morgan fingerprint density at radius 1 is 1.33 bits per heavy atom. The van der Waals surface area contributed by atoms with Crippen molar-refractivity contribution in [3.8, 4) is 17.1 Å². The fraction of sp³-hybridized carbons (Fsp3) is 0.222. The van der Waals surface area contributed by atoms with Crippen LogP contribution in [0.2, 0.25) is 0 Å². The second kappa shape index (κ2) is 6.84. The minimum absolute atomic E-state index is 0.419. The zero-order valence-electron chi connectivity index (χ0n) is 14.8. The first-order valence-electron chi connectivity index (χ1n) is 8.44. The Morgan fingerprint density at radius 3 is 2.89 bits per heavy atom. The van der Waals surface area contributed by atoms with Gasteiger partial charge in [0.2, 0.25) is 11.9 Å². The number of benzene rings is 1. The Bertz CT molecular complexity index is 1140. The Kier molecular flexibility index (Phi) is 4.36. The summed E-state index contributed by atoms with van der Waals surface area (Å²) in [5, 5.41) is 12.4. The number of nitrogens with zero attached hydrogens (tertiary/aromatic N) is 4. The topological polar surface area (TPSA) is 107 Å². The molecule has 4 rings (SSSR count). The number of aromatic nitrogens is 4. The predicted octanol–water partition coefficient (Wildman–Crippen LogP) is 2.69. The molecule has 0 saturated carbocycles. The summed E-state index contributed by atoms with van der Waals surface area (Å²) in [5.74, 6) is 1.22. The second-order valence-corrected chi connectivity index (χ2v) is 6.73. The first-order valence-corrected chi connectivity index (χ1v) is 9.38. The number of ether oxygens (including phenoxy) is 1. The molecule has 0 bridgehead atoms. The van der Waals surface area contributed by atoms with Crippen molar-refractivity contribution < 1.29 is 9.53 Å². The van der Waals surface area contributed by atoms with Gasteiger partial charge in [0.25, 0.3) is 0 Å². The van der Waals surface area contributed by atoms with Gasteiger partial charge in [-0.3, -0.25) is 4.79 Å². The van der Waals surface area contributed by atoms with Crippen LogP contribution in [0.3, 0.4) is 0 Å². The van der Waals surface area contributed by atoms with Gasteiger partial charge < -0.3 is 15.8 Å². The molecule has 1 amide bonds. The normalized spacial score (nSPS) is 12.4. The fourth-order valence-corrected chi connectivity index (χ4v) is 3.67. The maximum absolute atomic E-state index is 11.7. The molecule has 0 aliphatic rings. The van der Waals surface area contributed by atoms with Gasteiger partial charge in [0.15, 0.2) is 11.5 Å². The third-order valence-corrected chi connectivity index (χ3v) is 5.04. The summed E-state index contributed by atoms with van der Waals surface area (Å²) in [5.41, 5.74) is 7.69. The van der Waals surface area contributed by atoms with E-state index in [1.165, 1.54) is 11.3 Å². The third kappa shape index (κ3) is 2.95. The van der Waals surface area contributed by atoms with Crippen LogP contribution in [0.4, 0.5) is 5.95 Å². The molecule has 0 aliphatic carbocycles. The van der Waals surface area contributed by atoms with Gasteiger partial charge in [0, 0.05) is 16.1 Å². The van der Waals surface area contributed by atoms with Crippen LogP contribution in [0.1, 0.15) is 13.3 Å². The maximum atomic E-state index is 11.7. The molecular formula is C18H18N6O2S. The minimum atomic E-state index is -0.551. The molecule has 27 heavy (non-hydrogen) atoms. The number of hydrogen-bond acceptors (Lipinski definition) is 7. The molecule has 138 valence electrons. The van der Waals surface area contributed by atoms with E-state index in [2.05, 4.69) is 15.4 Å². The largest absolute Gasteiger partial charge is 0.495 e. The Morgan fingerprint density at radius 2 is 2.15 bits per heavy atom. The number of carbonyl (C=O) groups excluding carboxylic acids is 1. The van der Waals surface area contributed by atoms with E-state index in [0.717, 1.165) is 16.5 Å². The average molecular weight is 382 g/mol. The molecule has 3 heterocycles. The Hall–Kier alpha value is -3.20. The number of rotatable bonds is 6. The average Bonchev–Trinajstić information content (AvgIpc) is 3.32. The van der Waals surface area contributed by atoms with Crippen LogP contribution in [0, 0.1) is 0 Å². The highest BCUT2D eigenvalue weighted by molar-refractivity contribution is 7.08. The molecule has 0 spiro atoms. The zero-order valence-corrected chi connectivity index (χ0v) is 15.7. The quantitative estimate of drug-likeness (QED) is 0.531. The van der Waals surface area contributed by atoms with Gasteiger partial charge in [-0.05, 0) is 18.6 Å². The number of anilines is 1. The summed E-state index contributed by atoms with van der Waals surface area (Å²) in [6, 6.07) is 7.11. The Balaban J connectivity index is 1.95. The van der Waals surface area contributed by atoms with Gasteiger partial charge in [-0.1, -0.05) is 19.1 Å². The van der Waals surface area contributed by atoms with E-state index in [4.69, 9.17) is 15.5 Å². The van der Waals surface area contributed by atoms with Crippen LogP contribution in [0.25, 0.3) is 27.9 Å². The van der Waals surface area contributed by atoms with Gasteiger partial charge in [-0.15, -0.1) is 16.4 Å². The van der Waals surface area contributed by atoms with Crippen molar-refractivity contribution in [2.45, 2.75) is 19.4 Å². The number of thiophene rings is 1. The van der Waals surface area contributed by atoms with E-state index in [0.29, 0.717) is 29.6 Å².